The van der Waals surface area contributed by atoms with Crippen LogP contribution in [-0.2, 0) is 22.4 Å². The van der Waals surface area contributed by atoms with Gasteiger partial charge in [-0.2, -0.15) is 0 Å². The monoisotopic (exact) mass is 428 g/mol. The van der Waals surface area contributed by atoms with Crippen molar-refractivity contribution < 1.29 is 24.2 Å². The molecule has 3 N–H and O–H groups in total. The molecule has 2 aromatic rings. The number of carboxylic acids is 2. The quantitative estimate of drug-likeness (QED) is 0.528. The van der Waals surface area contributed by atoms with Gasteiger partial charge in [-0.15, -0.1) is 0 Å². The van der Waals surface area contributed by atoms with E-state index in [-0.39, 0.29) is 18.2 Å². The topological polar surface area (TPSA) is 113 Å². The summed E-state index contributed by atoms with van der Waals surface area (Å²) in [5.74, 6) is -1.96. The second-order valence-electron chi connectivity index (χ2n) is 6.97. The van der Waals surface area contributed by atoms with Crippen LogP contribution in [0.5, 0.6) is 0 Å². The summed E-state index contributed by atoms with van der Waals surface area (Å²) in [7, 11) is 0. The third-order valence-corrected chi connectivity index (χ3v) is 4.43. The van der Waals surface area contributed by atoms with E-state index >= 15 is 0 Å². The Kier molecular flexibility index (Phi) is 7.86. The third kappa shape index (κ3) is 6.82. The summed E-state index contributed by atoms with van der Waals surface area (Å²) < 4.78 is 5.37. The van der Waals surface area contributed by atoms with Gasteiger partial charge in [-0.05, 0) is 36.1 Å². The Labute approximate surface area is 172 Å². The Bertz CT molecular complexity index is 817. The highest BCUT2D eigenvalue weighted by Crippen LogP contribution is 2.21. The molecule has 0 saturated heterocycles. The van der Waals surface area contributed by atoms with E-state index in [0.717, 1.165) is 5.56 Å². The van der Waals surface area contributed by atoms with Crippen LogP contribution in [0.4, 0.5) is 0 Å². The highest BCUT2D eigenvalue weighted by Gasteiger charge is 2.28. The SMILES string of the molecule is CC(C)C[C@H](N[C@@H](Cc1nc(Cc2cc(Cl)cc(Cl)c2)co1)C(=O)O)C(=O)O. The van der Waals surface area contributed by atoms with Gasteiger partial charge in [0, 0.05) is 16.5 Å². The van der Waals surface area contributed by atoms with E-state index in [1.54, 1.807) is 18.2 Å². The van der Waals surface area contributed by atoms with Crippen molar-refractivity contribution in [2.75, 3.05) is 0 Å². The lowest BCUT2D eigenvalue weighted by Gasteiger charge is -2.20. The van der Waals surface area contributed by atoms with Crippen LogP contribution in [0.25, 0.3) is 0 Å². The van der Waals surface area contributed by atoms with E-state index in [1.165, 1.54) is 6.26 Å². The summed E-state index contributed by atoms with van der Waals surface area (Å²) in [6.07, 6.45) is 2.09. The Hall–Kier alpha value is -2.09. The fourth-order valence-electron chi connectivity index (χ4n) is 2.79. The smallest absolute Gasteiger partial charge is 0.321 e. The van der Waals surface area contributed by atoms with Gasteiger partial charge in [0.05, 0.1) is 12.1 Å². The Morgan fingerprint density at radius 2 is 1.71 bits per heavy atom. The summed E-state index contributed by atoms with van der Waals surface area (Å²) in [5.41, 5.74) is 1.43. The van der Waals surface area contributed by atoms with E-state index < -0.39 is 24.0 Å². The molecule has 152 valence electrons. The molecule has 0 unspecified atom stereocenters. The molecule has 0 spiro atoms. The molecular formula is C19H22Cl2N2O5. The maximum absolute atomic E-state index is 11.6. The zero-order chi connectivity index (χ0) is 20.8. The molecule has 0 aliphatic carbocycles. The van der Waals surface area contributed by atoms with Gasteiger partial charge < -0.3 is 14.6 Å². The predicted octanol–water partition coefficient (Wildman–Crippen LogP) is 3.66. The first kappa shape index (κ1) is 22.2. The number of hydrogen-bond acceptors (Lipinski definition) is 5. The molecule has 0 aliphatic heterocycles. The number of carbonyl (C=O) groups is 2. The van der Waals surface area contributed by atoms with Gasteiger partial charge in [-0.25, -0.2) is 4.98 Å². The van der Waals surface area contributed by atoms with Crippen LogP contribution < -0.4 is 5.32 Å². The van der Waals surface area contributed by atoms with Crippen molar-refractivity contribution in [1.82, 2.24) is 10.3 Å². The first-order valence-corrected chi connectivity index (χ1v) is 9.49. The fraction of sp³-hybridized carbons (Fsp3) is 0.421. The second kappa shape index (κ2) is 9.91. The van der Waals surface area contributed by atoms with Gasteiger partial charge in [0.15, 0.2) is 5.89 Å². The van der Waals surface area contributed by atoms with Crippen molar-refractivity contribution in [3.05, 3.63) is 51.7 Å². The Balaban J connectivity index is 2.07. The fourth-order valence-corrected chi connectivity index (χ4v) is 3.36. The number of nitrogens with one attached hydrogen (secondary N) is 1. The molecule has 0 aliphatic rings. The molecule has 0 fully saturated rings. The molecule has 0 saturated carbocycles. The lowest BCUT2D eigenvalue weighted by atomic mass is 10.0. The number of carboxylic acid groups (broad SMARTS) is 2. The molecule has 1 aromatic heterocycles. The molecule has 0 amide bonds. The minimum Gasteiger partial charge on any atom is -0.480 e. The zero-order valence-electron chi connectivity index (χ0n) is 15.5. The number of halogens is 2. The summed E-state index contributed by atoms with van der Waals surface area (Å²) in [6.45, 7) is 3.74. The Morgan fingerprint density at radius 1 is 1.11 bits per heavy atom. The van der Waals surface area contributed by atoms with Crippen molar-refractivity contribution in [2.45, 2.75) is 45.2 Å². The number of aromatic nitrogens is 1. The molecule has 2 atom stereocenters. The number of hydrogen-bond donors (Lipinski definition) is 3. The summed E-state index contributed by atoms with van der Waals surface area (Å²) in [6, 6.07) is 3.04. The third-order valence-electron chi connectivity index (χ3n) is 3.99. The first-order chi connectivity index (χ1) is 13.1. The lowest BCUT2D eigenvalue weighted by Crippen LogP contribution is -2.48. The van der Waals surface area contributed by atoms with Crippen molar-refractivity contribution >= 4 is 35.1 Å². The zero-order valence-corrected chi connectivity index (χ0v) is 17.0. The molecular weight excluding hydrogens is 407 g/mol. The molecule has 0 bridgehead atoms. The van der Waals surface area contributed by atoms with Crippen LogP contribution in [0.2, 0.25) is 10.0 Å². The average Bonchev–Trinajstić information content (AvgIpc) is 2.98. The number of aliphatic carboxylic acids is 2. The van der Waals surface area contributed by atoms with Crippen LogP contribution in [-0.4, -0.2) is 39.2 Å². The van der Waals surface area contributed by atoms with Crippen molar-refractivity contribution in [1.29, 1.82) is 0 Å². The van der Waals surface area contributed by atoms with Gasteiger partial charge in [0.1, 0.15) is 18.3 Å². The summed E-state index contributed by atoms with van der Waals surface area (Å²) >= 11 is 12.0. The summed E-state index contributed by atoms with van der Waals surface area (Å²) in [5, 5.41) is 22.4. The normalized spacial score (nSPS) is 13.5. The van der Waals surface area contributed by atoms with Gasteiger partial charge >= 0.3 is 11.9 Å². The number of benzene rings is 1. The van der Waals surface area contributed by atoms with Crippen molar-refractivity contribution in [3.63, 3.8) is 0 Å². The highest BCUT2D eigenvalue weighted by molar-refractivity contribution is 6.34. The van der Waals surface area contributed by atoms with Crippen LogP contribution in [0.3, 0.4) is 0 Å². The Morgan fingerprint density at radius 3 is 2.25 bits per heavy atom. The first-order valence-electron chi connectivity index (χ1n) is 8.74. The standard InChI is InChI=1S/C19H22Cl2N2O5/c1-10(2)3-15(18(24)25)23-16(19(26)27)8-17-22-14(9-28-17)6-11-4-12(20)7-13(21)5-11/h4-5,7,9-10,15-16,23H,3,6,8H2,1-2H3,(H,24,25)(H,26,27)/t15-,16-/m0/s1. The number of nitrogens with zero attached hydrogens (tertiary/aromatic N) is 1. The van der Waals surface area contributed by atoms with Crippen LogP contribution >= 0.6 is 23.2 Å². The molecule has 0 radical (unpaired) electrons. The van der Waals surface area contributed by atoms with E-state index in [9.17, 15) is 19.8 Å². The van der Waals surface area contributed by atoms with Gasteiger partial charge in [-0.3, -0.25) is 14.9 Å². The van der Waals surface area contributed by atoms with E-state index in [1.807, 2.05) is 13.8 Å². The maximum atomic E-state index is 11.6. The van der Waals surface area contributed by atoms with E-state index in [2.05, 4.69) is 10.3 Å². The minimum atomic E-state index is -1.17. The molecule has 28 heavy (non-hydrogen) atoms. The van der Waals surface area contributed by atoms with Gasteiger partial charge in [0.25, 0.3) is 0 Å². The summed E-state index contributed by atoms with van der Waals surface area (Å²) in [4.78, 5) is 27.3. The second-order valence-corrected chi connectivity index (χ2v) is 7.84. The van der Waals surface area contributed by atoms with Gasteiger partial charge in [0.2, 0.25) is 0 Å². The predicted molar refractivity (Wildman–Crippen MR) is 105 cm³/mol. The molecule has 2 rings (SSSR count). The highest BCUT2D eigenvalue weighted by atomic mass is 35.5. The average molecular weight is 429 g/mol. The number of rotatable bonds is 10. The molecule has 1 aromatic carbocycles. The molecule has 7 nitrogen and oxygen atoms in total. The van der Waals surface area contributed by atoms with Crippen LogP contribution in [0, 0.1) is 5.92 Å². The van der Waals surface area contributed by atoms with Crippen molar-refractivity contribution in [3.8, 4) is 0 Å². The van der Waals surface area contributed by atoms with E-state index in [4.69, 9.17) is 27.6 Å². The molecule has 1 heterocycles. The lowest BCUT2D eigenvalue weighted by molar-refractivity contribution is -0.143. The van der Waals surface area contributed by atoms with Gasteiger partial charge in [-0.1, -0.05) is 37.0 Å². The van der Waals surface area contributed by atoms with Crippen LogP contribution in [0.15, 0.2) is 28.9 Å². The van der Waals surface area contributed by atoms with E-state index in [0.29, 0.717) is 28.6 Å². The largest absolute Gasteiger partial charge is 0.480 e. The maximum Gasteiger partial charge on any atom is 0.321 e. The minimum absolute atomic E-state index is 0.0759. The van der Waals surface area contributed by atoms with Crippen LogP contribution in [0.1, 0.15) is 37.4 Å². The molecule has 9 heteroatoms. The number of oxazole rings is 1. The van der Waals surface area contributed by atoms with Crippen molar-refractivity contribution in [2.24, 2.45) is 5.92 Å².